The van der Waals surface area contributed by atoms with Crippen molar-refractivity contribution in [1.29, 1.82) is 0 Å². The molecule has 0 aromatic heterocycles. The van der Waals surface area contributed by atoms with Gasteiger partial charge >= 0.3 is 0 Å². The molecule has 0 bridgehead atoms. The zero-order valence-corrected chi connectivity index (χ0v) is 10.2. The number of hydrogen-bond donors (Lipinski definition) is 1. The first-order chi connectivity index (χ1) is 7.01. The summed E-state index contributed by atoms with van der Waals surface area (Å²) in [7, 11) is -1.40. The molecule has 2 N–H and O–H groups in total. The van der Waals surface area contributed by atoms with Crippen LogP contribution in [0.4, 0.5) is 0 Å². The highest BCUT2D eigenvalue weighted by Crippen LogP contribution is 2.25. The first-order valence-electron chi connectivity index (χ1n) is 5.32. The van der Waals surface area contributed by atoms with Gasteiger partial charge in [-0.1, -0.05) is 0 Å². The molecule has 1 fully saturated rings. The minimum Gasteiger partial charge on any atom is -0.301 e. The number of sulfonamides is 1. The molecule has 6 heteroatoms. The predicted octanol–water partition coefficient (Wildman–Crippen LogP) is 0.469. The second-order valence-corrected chi connectivity index (χ2v) is 6.30. The minimum atomic E-state index is -3.06. The summed E-state index contributed by atoms with van der Waals surface area (Å²) in [5, 5.41) is 0. The summed E-state index contributed by atoms with van der Waals surface area (Å²) in [6, 6.07) is 0.112. The van der Waals surface area contributed by atoms with E-state index in [2.05, 4.69) is 0 Å². The fraction of sp³-hybridized carbons (Fsp3) is 1.00. The molecule has 0 atom stereocenters. The zero-order valence-electron chi connectivity index (χ0n) is 9.35. The minimum absolute atomic E-state index is 0.0963. The van der Waals surface area contributed by atoms with Crippen molar-refractivity contribution in [3.05, 3.63) is 0 Å². The van der Waals surface area contributed by atoms with Crippen LogP contribution in [0.2, 0.25) is 0 Å². The summed E-state index contributed by atoms with van der Waals surface area (Å²) in [5.74, 6) is 5.27. The maximum absolute atomic E-state index is 11.6. The van der Waals surface area contributed by atoms with Crippen LogP contribution < -0.4 is 5.90 Å². The van der Waals surface area contributed by atoms with Crippen LogP contribution in [0.15, 0.2) is 0 Å². The van der Waals surface area contributed by atoms with Gasteiger partial charge in [0.15, 0.2) is 0 Å². The van der Waals surface area contributed by atoms with E-state index < -0.39 is 10.0 Å². The van der Waals surface area contributed by atoms with Crippen LogP contribution in [0.25, 0.3) is 0 Å². The van der Waals surface area contributed by atoms with E-state index in [4.69, 9.17) is 10.7 Å². The fourth-order valence-corrected chi connectivity index (χ4v) is 3.05. The molecule has 0 spiro atoms. The van der Waals surface area contributed by atoms with Gasteiger partial charge < -0.3 is 4.84 Å². The van der Waals surface area contributed by atoms with Crippen molar-refractivity contribution in [2.24, 2.45) is 5.90 Å². The molecule has 0 heterocycles. The van der Waals surface area contributed by atoms with Crippen molar-refractivity contribution in [2.75, 3.05) is 12.8 Å². The van der Waals surface area contributed by atoms with Gasteiger partial charge in [0.1, 0.15) is 0 Å². The summed E-state index contributed by atoms with van der Waals surface area (Å²) in [6.45, 7) is 1.67. The number of nitrogens with two attached hydrogens (primary N) is 1. The average molecular weight is 236 g/mol. The van der Waals surface area contributed by atoms with Crippen molar-refractivity contribution in [1.82, 2.24) is 4.31 Å². The van der Waals surface area contributed by atoms with Gasteiger partial charge in [0.05, 0.1) is 11.9 Å². The van der Waals surface area contributed by atoms with Crippen LogP contribution in [0.3, 0.4) is 0 Å². The van der Waals surface area contributed by atoms with E-state index in [-0.39, 0.29) is 17.9 Å². The Bertz CT molecular complexity index is 284. The Kier molecular flexibility index (Phi) is 4.51. The van der Waals surface area contributed by atoms with Crippen LogP contribution in [0.1, 0.15) is 32.6 Å². The zero-order chi connectivity index (χ0) is 11.5. The Hall–Kier alpha value is -0.170. The number of hydrogen-bond acceptors (Lipinski definition) is 4. The molecule has 0 saturated heterocycles. The second-order valence-electron chi connectivity index (χ2n) is 3.98. The highest BCUT2D eigenvalue weighted by molar-refractivity contribution is 7.89. The predicted molar refractivity (Wildman–Crippen MR) is 58.5 cm³/mol. The van der Waals surface area contributed by atoms with Crippen LogP contribution in [0.5, 0.6) is 0 Å². The van der Waals surface area contributed by atoms with E-state index in [1.165, 1.54) is 4.31 Å². The van der Waals surface area contributed by atoms with Crippen molar-refractivity contribution in [3.8, 4) is 0 Å². The van der Waals surface area contributed by atoms with Crippen LogP contribution in [-0.2, 0) is 14.9 Å². The van der Waals surface area contributed by atoms with Crippen molar-refractivity contribution >= 4 is 10.0 Å². The third kappa shape index (κ3) is 3.14. The average Bonchev–Trinajstić information content (AvgIpc) is 2.28. The van der Waals surface area contributed by atoms with Gasteiger partial charge in [0.25, 0.3) is 0 Å². The topological polar surface area (TPSA) is 72.6 Å². The van der Waals surface area contributed by atoms with Gasteiger partial charge in [-0.05, 0) is 32.6 Å². The molecule has 15 heavy (non-hydrogen) atoms. The molecule has 1 saturated carbocycles. The first-order valence-corrected chi connectivity index (χ1v) is 6.93. The highest BCUT2D eigenvalue weighted by atomic mass is 32.2. The van der Waals surface area contributed by atoms with E-state index >= 15 is 0 Å². The molecular weight excluding hydrogens is 216 g/mol. The Morgan fingerprint density at radius 2 is 1.87 bits per heavy atom. The Labute approximate surface area is 91.6 Å². The molecule has 0 aromatic rings. The molecule has 1 rings (SSSR count). The lowest BCUT2D eigenvalue weighted by molar-refractivity contribution is 0.0168. The molecule has 90 valence electrons. The van der Waals surface area contributed by atoms with Gasteiger partial charge in [-0.25, -0.2) is 18.6 Å². The largest absolute Gasteiger partial charge is 0.301 e. The monoisotopic (exact) mass is 236 g/mol. The van der Waals surface area contributed by atoms with E-state index in [0.29, 0.717) is 0 Å². The van der Waals surface area contributed by atoms with Crippen LogP contribution >= 0.6 is 0 Å². The summed E-state index contributed by atoms with van der Waals surface area (Å²) in [4.78, 5) is 4.76. The summed E-state index contributed by atoms with van der Waals surface area (Å²) >= 11 is 0. The molecule has 0 amide bonds. The smallest absolute Gasteiger partial charge is 0.213 e. The summed E-state index contributed by atoms with van der Waals surface area (Å²) in [6.07, 6.45) is 3.43. The maximum Gasteiger partial charge on any atom is 0.213 e. The third-order valence-corrected chi connectivity index (χ3v) is 5.06. The highest BCUT2D eigenvalue weighted by Gasteiger charge is 2.29. The van der Waals surface area contributed by atoms with Crippen molar-refractivity contribution < 1.29 is 13.3 Å². The molecule has 0 radical (unpaired) electrons. The molecule has 0 aromatic carbocycles. The quantitative estimate of drug-likeness (QED) is 0.720. The van der Waals surface area contributed by atoms with E-state index in [0.717, 1.165) is 25.7 Å². The third-order valence-electron chi connectivity index (χ3n) is 3.15. The Morgan fingerprint density at radius 3 is 2.27 bits per heavy atom. The fourth-order valence-electron chi connectivity index (χ4n) is 1.98. The summed E-state index contributed by atoms with van der Waals surface area (Å²) < 4.78 is 24.7. The lowest BCUT2D eigenvalue weighted by Gasteiger charge is -2.32. The van der Waals surface area contributed by atoms with E-state index in [9.17, 15) is 8.42 Å². The van der Waals surface area contributed by atoms with E-state index in [1.54, 1.807) is 14.0 Å². The van der Waals surface area contributed by atoms with Gasteiger partial charge in [-0.2, -0.15) is 0 Å². The Balaban J connectivity index is 2.53. The SMILES string of the molecule is CCS(=O)(=O)N(C)C1CCC(ON)CC1. The molecule has 5 nitrogen and oxygen atoms in total. The van der Waals surface area contributed by atoms with Crippen LogP contribution in [0, 0.1) is 0 Å². The maximum atomic E-state index is 11.6. The van der Waals surface area contributed by atoms with Crippen molar-refractivity contribution in [2.45, 2.75) is 44.8 Å². The van der Waals surface area contributed by atoms with Gasteiger partial charge in [-0.15, -0.1) is 0 Å². The van der Waals surface area contributed by atoms with Crippen molar-refractivity contribution in [3.63, 3.8) is 0 Å². The normalized spacial score (nSPS) is 28.3. The van der Waals surface area contributed by atoms with Gasteiger partial charge in [0.2, 0.25) is 10.0 Å². The standard InChI is InChI=1S/C9H20N2O3S/c1-3-15(12,13)11(2)8-4-6-9(14-10)7-5-8/h8-9H,3-7,10H2,1-2H3. The van der Waals surface area contributed by atoms with Gasteiger partial charge in [-0.3, -0.25) is 0 Å². The van der Waals surface area contributed by atoms with Crippen LogP contribution in [-0.4, -0.2) is 37.7 Å². The molecular formula is C9H20N2O3S. The first kappa shape index (κ1) is 12.9. The lowest BCUT2D eigenvalue weighted by Crippen LogP contribution is -2.41. The van der Waals surface area contributed by atoms with E-state index in [1.807, 2.05) is 0 Å². The summed E-state index contributed by atoms with van der Waals surface area (Å²) in [5.41, 5.74) is 0. The second kappa shape index (κ2) is 5.25. The molecule has 0 aliphatic heterocycles. The molecule has 1 aliphatic rings. The molecule has 0 unspecified atom stereocenters. The number of nitrogens with zero attached hydrogens (tertiary/aromatic N) is 1. The van der Waals surface area contributed by atoms with Gasteiger partial charge in [0, 0.05) is 13.1 Å². The number of rotatable bonds is 4. The lowest BCUT2D eigenvalue weighted by atomic mass is 9.93. The Morgan fingerprint density at radius 1 is 1.33 bits per heavy atom. The molecule has 1 aliphatic carbocycles.